The molecule has 3 aromatic rings. The molecule has 0 aromatic heterocycles. The minimum absolute atomic E-state index is 0.0689. The molecule has 0 bridgehead atoms. The summed E-state index contributed by atoms with van der Waals surface area (Å²) in [5.41, 5.74) is 2.57. The lowest BCUT2D eigenvalue weighted by Gasteiger charge is -2.37. The van der Waals surface area contributed by atoms with Gasteiger partial charge >= 0.3 is 0 Å². The number of nitrogens with one attached hydrogen (secondary N) is 1. The first-order chi connectivity index (χ1) is 16.5. The van der Waals surface area contributed by atoms with Crippen LogP contribution in [0.4, 0.5) is 5.69 Å². The zero-order chi connectivity index (χ0) is 23.9. The molecule has 1 saturated heterocycles. The van der Waals surface area contributed by atoms with Crippen LogP contribution in [0.3, 0.4) is 0 Å². The Bertz CT molecular complexity index is 1100. The van der Waals surface area contributed by atoms with E-state index in [1.165, 1.54) is 0 Å². The second-order valence-electron chi connectivity index (χ2n) is 8.23. The number of ether oxygens (including phenoxy) is 1. The van der Waals surface area contributed by atoms with Crippen LogP contribution in [-0.2, 0) is 11.2 Å². The summed E-state index contributed by atoms with van der Waals surface area (Å²) in [5.74, 6) is 0.459. The Kier molecular flexibility index (Phi) is 7.70. The van der Waals surface area contributed by atoms with Gasteiger partial charge in [-0.1, -0.05) is 41.9 Å². The highest BCUT2D eigenvalue weighted by molar-refractivity contribution is 6.30. The minimum atomic E-state index is -0.655. The van der Waals surface area contributed by atoms with Crippen LogP contribution < -0.4 is 15.0 Å². The molecule has 3 aromatic carbocycles. The number of anilines is 1. The number of rotatable bonds is 7. The minimum Gasteiger partial charge on any atom is -0.497 e. The highest BCUT2D eigenvalue weighted by Crippen LogP contribution is 2.21. The average molecular weight is 478 g/mol. The fourth-order valence-corrected chi connectivity index (χ4v) is 4.22. The molecular weight excluding hydrogens is 450 g/mol. The second-order valence-corrected chi connectivity index (χ2v) is 8.67. The molecule has 1 fully saturated rings. The van der Waals surface area contributed by atoms with Crippen LogP contribution in [0.2, 0.25) is 5.02 Å². The number of piperazine rings is 1. The molecule has 7 heteroatoms. The van der Waals surface area contributed by atoms with Crippen molar-refractivity contribution in [2.24, 2.45) is 0 Å². The van der Waals surface area contributed by atoms with Crippen molar-refractivity contribution in [1.82, 2.24) is 10.2 Å². The number of hydrogen-bond donors (Lipinski definition) is 1. The number of carbonyl (C=O) groups excluding carboxylic acids is 2. The van der Waals surface area contributed by atoms with Gasteiger partial charge in [0, 0.05) is 48.9 Å². The highest BCUT2D eigenvalue weighted by atomic mass is 35.5. The first kappa shape index (κ1) is 23.6. The number of halogens is 1. The molecule has 1 heterocycles. The van der Waals surface area contributed by atoms with Gasteiger partial charge in [-0.3, -0.25) is 9.59 Å². The van der Waals surface area contributed by atoms with E-state index in [0.29, 0.717) is 30.1 Å². The Morgan fingerprint density at radius 1 is 0.912 bits per heavy atom. The molecule has 176 valence electrons. The van der Waals surface area contributed by atoms with Gasteiger partial charge in [-0.2, -0.15) is 0 Å². The number of benzene rings is 3. The Morgan fingerprint density at radius 3 is 2.18 bits per heavy atom. The molecule has 0 radical (unpaired) electrons. The molecule has 0 aliphatic carbocycles. The van der Waals surface area contributed by atoms with E-state index in [9.17, 15) is 9.59 Å². The maximum Gasteiger partial charge on any atom is 0.251 e. The smallest absolute Gasteiger partial charge is 0.251 e. The molecule has 1 N–H and O–H groups in total. The molecule has 0 unspecified atom stereocenters. The van der Waals surface area contributed by atoms with E-state index in [2.05, 4.69) is 10.2 Å². The average Bonchev–Trinajstić information content (AvgIpc) is 2.89. The van der Waals surface area contributed by atoms with Crippen molar-refractivity contribution in [3.63, 3.8) is 0 Å². The Labute approximate surface area is 205 Å². The van der Waals surface area contributed by atoms with Crippen LogP contribution in [0.5, 0.6) is 5.75 Å². The lowest BCUT2D eigenvalue weighted by molar-refractivity contribution is -0.133. The molecule has 1 atom stereocenters. The van der Waals surface area contributed by atoms with Crippen LogP contribution in [-0.4, -0.2) is 56.0 Å². The van der Waals surface area contributed by atoms with Gasteiger partial charge in [-0.05, 0) is 54.1 Å². The maximum absolute atomic E-state index is 13.5. The Balaban J connectivity index is 1.44. The fourth-order valence-electron chi connectivity index (χ4n) is 4.09. The summed E-state index contributed by atoms with van der Waals surface area (Å²) in [6.45, 7) is 2.63. The number of methoxy groups -OCH3 is 1. The molecule has 0 saturated carbocycles. The van der Waals surface area contributed by atoms with Crippen molar-refractivity contribution in [3.8, 4) is 5.75 Å². The summed E-state index contributed by atoms with van der Waals surface area (Å²) in [6.07, 6.45) is 0.428. The molecule has 0 spiro atoms. The monoisotopic (exact) mass is 477 g/mol. The second kappa shape index (κ2) is 11.1. The summed E-state index contributed by atoms with van der Waals surface area (Å²) < 4.78 is 5.24. The predicted molar refractivity (Wildman–Crippen MR) is 135 cm³/mol. The standard InChI is InChI=1S/C27H28ClN3O3/c1-34-24-13-11-23(12-14-24)30-15-17-31(18-16-30)27(33)25(19-20-5-3-2-4-6-20)29-26(32)21-7-9-22(28)10-8-21/h2-14,25H,15-19H2,1H3,(H,29,32)/t25-/m0/s1. The first-order valence-electron chi connectivity index (χ1n) is 11.3. The van der Waals surface area contributed by atoms with Crippen LogP contribution in [0.1, 0.15) is 15.9 Å². The van der Waals surface area contributed by atoms with Crippen molar-refractivity contribution >= 4 is 29.1 Å². The molecular formula is C27H28ClN3O3. The normalized spacial score (nSPS) is 14.4. The lowest BCUT2D eigenvalue weighted by atomic mass is 10.0. The molecule has 34 heavy (non-hydrogen) atoms. The van der Waals surface area contributed by atoms with Gasteiger partial charge in [0.25, 0.3) is 5.91 Å². The van der Waals surface area contributed by atoms with Gasteiger partial charge in [0.05, 0.1) is 7.11 Å². The van der Waals surface area contributed by atoms with Crippen molar-refractivity contribution in [3.05, 3.63) is 95.0 Å². The maximum atomic E-state index is 13.5. The van der Waals surface area contributed by atoms with Gasteiger partial charge in [0.1, 0.15) is 11.8 Å². The molecule has 2 amide bonds. The number of nitrogens with zero attached hydrogens (tertiary/aromatic N) is 2. The summed E-state index contributed by atoms with van der Waals surface area (Å²) in [6, 6.07) is 23.7. The van der Waals surface area contributed by atoms with Crippen LogP contribution >= 0.6 is 11.6 Å². The topological polar surface area (TPSA) is 61.9 Å². The van der Waals surface area contributed by atoms with E-state index in [1.54, 1.807) is 31.4 Å². The number of carbonyl (C=O) groups is 2. The van der Waals surface area contributed by atoms with Gasteiger partial charge in [-0.25, -0.2) is 0 Å². The summed E-state index contributed by atoms with van der Waals surface area (Å²) in [4.78, 5) is 30.5. The van der Waals surface area contributed by atoms with Crippen molar-refractivity contribution in [1.29, 1.82) is 0 Å². The summed E-state index contributed by atoms with van der Waals surface area (Å²) in [5, 5.41) is 3.51. The Morgan fingerprint density at radius 2 is 1.56 bits per heavy atom. The van der Waals surface area contributed by atoms with Crippen LogP contribution in [0, 0.1) is 0 Å². The first-order valence-corrected chi connectivity index (χ1v) is 11.7. The quantitative estimate of drug-likeness (QED) is 0.558. The summed E-state index contributed by atoms with van der Waals surface area (Å²) >= 11 is 5.95. The lowest BCUT2D eigenvalue weighted by Crippen LogP contribution is -2.55. The van der Waals surface area contributed by atoms with E-state index in [-0.39, 0.29) is 11.8 Å². The third-order valence-corrected chi connectivity index (χ3v) is 6.27. The highest BCUT2D eigenvalue weighted by Gasteiger charge is 2.29. The van der Waals surface area contributed by atoms with Crippen molar-refractivity contribution in [2.45, 2.75) is 12.5 Å². The molecule has 4 rings (SSSR count). The van der Waals surface area contributed by atoms with E-state index >= 15 is 0 Å². The largest absolute Gasteiger partial charge is 0.497 e. The predicted octanol–water partition coefficient (Wildman–Crippen LogP) is 4.04. The van der Waals surface area contributed by atoms with Gasteiger partial charge < -0.3 is 19.9 Å². The van der Waals surface area contributed by atoms with Gasteiger partial charge in [0.2, 0.25) is 5.91 Å². The zero-order valence-electron chi connectivity index (χ0n) is 19.1. The zero-order valence-corrected chi connectivity index (χ0v) is 19.9. The van der Waals surface area contributed by atoms with Crippen LogP contribution in [0.15, 0.2) is 78.9 Å². The van der Waals surface area contributed by atoms with Crippen molar-refractivity contribution in [2.75, 3.05) is 38.2 Å². The van der Waals surface area contributed by atoms with E-state index < -0.39 is 6.04 Å². The fraction of sp³-hybridized carbons (Fsp3) is 0.259. The summed E-state index contributed by atoms with van der Waals surface area (Å²) in [7, 11) is 1.65. The molecule has 6 nitrogen and oxygen atoms in total. The van der Waals surface area contributed by atoms with Gasteiger partial charge in [0.15, 0.2) is 0 Å². The SMILES string of the molecule is COc1ccc(N2CCN(C(=O)[C@H](Cc3ccccc3)NC(=O)c3ccc(Cl)cc3)CC2)cc1. The number of hydrogen-bond acceptors (Lipinski definition) is 4. The van der Waals surface area contributed by atoms with Crippen molar-refractivity contribution < 1.29 is 14.3 Å². The third kappa shape index (κ3) is 5.88. The van der Waals surface area contributed by atoms with E-state index in [1.807, 2.05) is 59.5 Å². The van der Waals surface area contributed by atoms with E-state index in [0.717, 1.165) is 30.1 Å². The molecule has 1 aliphatic rings. The molecule has 1 aliphatic heterocycles. The van der Waals surface area contributed by atoms with Gasteiger partial charge in [-0.15, -0.1) is 0 Å². The third-order valence-electron chi connectivity index (χ3n) is 6.02. The van der Waals surface area contributed by atoms with E-state index in [4.69, 9.17) is 16.3 Å². The Hall–Kier alpha value is -3.51. The van der Waals surface area contributed by atoms with Crippen LogP contribution in [0.25, 0.3) is 0 Å². The number of amides is 2.